The number of aryl methyl sites for hydroxylation is 1. The Balaban J connectivity index is 2.05. The first kappa shape index (κ1) is 14.0. The summed E-state index contributed by atoms with van der Waals surface area (Å²) in [5.74, 6) is 2.05. The van der Waals surface area contributed by atoms with Gasteiger partial charge in [0, 0.05) is 11.3 Å². The molecule has 0 saturated carbocycles. The first-order valence-electron chi connectivity index (χ1n) is 7.17. The van der Waals surface area contributed by atoms with Gasteiger partial charge in [-0.15, -0.1) is 0 Å². The van der Waals surface area contributed by atoms with Crippen molar-refractivity contribution in [2.24, 2.45) is 11.7 Å². The maximum atomic E-state index is 6.50. The number of nitrogens with two attached hydrogens (primary N) is 1. The van der Waals surface area contributed by atoms with Crippen LogP contribution in [-0.4, -0.2) is 11.0 Å². The summed E-state index contributed by atoms with van der Waals surface area (Å²) in [4.78, 5) is 0. The lowest BCUT2D eigenvalue weighted by Gasteiger charge is -2.23. The van der Waals surface area contributed by atoms with Crippen molar-refractivity contribution >= 4 is 11.8 Å². The first-order chi connectivity index (χ1) is 8.72. The highest BCUT2D eigenvalue weighted by Gasteiger charge is 2.25. The number of hydrogen-bond donors (Lipinski definition) is 1. The number of fused-ring (bicyclic) bond motifs is 1. The second-order valence-electron chi connectivity index (χ2n) is 5.50. The summed E-state index contributed by atoms with van der Waals surface area (Å²) < 4.78 is 0. The minimum Gasteiger partial charge on any atom is -0.323 e. The van der Waals surface area contributed by atoms with Crippen molar-refractivity contribution in [1.82, 2.24) is 0 Å². The van der Waals surface area contributed by atoms with Crippen LogP contribution in [0.1, 0.15) is 50.3 Å². The van der Waals surface area contributed by atoms with Crippen LogP contribution in [0, 0.1) is 5.92 Å². The molecule has 0 heterocycles. The fourth-order valence-corrected chi connectivity index (χ4v) is 4.05. The van der Waals surface area contributed by atoms with E-state index < -0.39 is 0 Å². The van der Waals surface area contributed by atoms with Crippen LogP contribution in [0.25, 0.3) is 0 Å². The van der Waals surface area contributed by atoms with E-state index in [1.807, 2.05) is 0 Å². The van der Waals surface area contributed by atoms with E-state index in [2.05, 4.69) is 49.9 Å². The van der Waals surface area contributed by atoms with Crippen LogP contribution in [0.15, 0.2) is 24.3 Å². The van der Waals surface area contributed by atoms with Crippen LogP contribution >= 0.6 is 11.8 Å². The van der Waals surface area contributed by atoms with Crippen molar-refractivity contribution in [1.29, 1.82) is 0 Å². The molecule has 0 spiro atoms. The third-order valence-electron chi connectivity index (χ3n) is 4.04. The SMILES string of the molecule is CCC(C)CSC1CCCc2ccccc2C1N. The second-order valence-corrected chi connectivity index (χ2v) is 6.77. The molecular formula is C16H25NS. The highest BCUT2D eigenvalue weighted by molar-refractivity contribution is 7.99. The van der Waals surface area contributed by atoms with E-state index in [9.17, 15) is 0 Å². The van der Waals surface area contributed by atoms with Crippen LogP contribution in [0.5, 0.6) is 0 Å². The molecule has 18 heavy (non-hydrogen) atoms. The van der Waals surface area contributed by atoms with Gasteiger partial charge in [0.1, 0.15) is 0 Å². The van der Waals surface area contributed by atoms with E-state index in [1.54, 1.807) is 0 Å². The molecular weight excluding hydrogens is 238 g/mol. The maximum absolute atomic E-state index is 6.50. The number of hydrogen-bond acceptors (Lipinski definition) is 2. The number of thioether (sulfide) groups is 1. The van der Waals surface area contributed by atoms with Gasteiger partial charge in [0.25, 0.3) is 0 Å². The molecule has 0 bridgehead atoms. The average molecular weight is 263 g/mol. The highest BCUT2D eigenvalue weighted by atomic mass is 32.2. The quantitative estimate of drug-likeness (QED) is 0.825. The van der Waals surface area contributed by atoms with Gasteiger partial charge in [0.15, 0.2) is 0 Å². The topological polar surface area (TPSA) is 26.0 Å². The lowest BCUT2D eigenvalue weighted by atomic mass is 10.00. The Hall–Kier alpha value is -0.470. The molecule has 1 aliphatic carbocycles. The van der Waals surface area contributed by atoms with Crippen LogP contribution in [0.4, 0.5) is 0 Å². The molecule has 3 unspecified atom stereocenters. The molecule has 1 nitrogen and oxygen atoms in total. The van der Waals surface area contributed by atoms with Crippen LogP contribution in [0.3, 0.4) is 0 Å². The molecule has 0 aliphatic heterocycles. The smallest absolute Gasteiger partial charge is 0.0418 e. The second kappa shape index (κ2) is 6.63. The Bertz CT molecular complexity index is 377. The van der Waals surface area contributed by atoms with E-state index in [0.29, 0.717) is 5.25 Å². The van der Waals surface area contributed by atoms with Gasteiger partial charge in [-0.3, -0.25) is 0 Å². The van der Waals surface area contributed by atoms with Gasteiger partial charge in [0.2, 0.25) is 0 Å². The molecule has 3 atom stereocenters. The largest absolute Gasteiger partial charge is 0.323 e. The van der Waals surface area contributed by atoms with Gasteiger partial charge in [0.05, 0.1) is 0 Å². The summed E-state index contributed by atoms with van der Waals surface area (Å²) in [6.07, 6.45) is 5.01. The zero-order chi connectivity index (χ0) is 13.0. The molecule has 0 aromatic heterocycles. The lowest BCUT2D eigenvalue weighted by Crippen LogP contribution is -2.24. The normalized spacial score (nSPS) is 25.3. The van der Waals surface area contributed by atoms with E-state index >= 15 is 0 Å². The molecule has 1 aromatic carbocycles. The van der Waals surface area contributed by atoms with E-state index in [0.717, 1.165) is 5.92 Å². The highest BCUT2D eigenvalue weighted by Crippen LogP contribution is 2.35. The minimum atomic E-state index is 0.220. The van der Waals surface area contributed by atoms with Gasteiger partial charge in [-0.05, 0) is 42.1 Å². The van der Waals surface area contributed by atoms with Crippen molar-refractivity contribution in [3.05, 3.63) is 35.4 Å². The lowest BCUT2D eigenvalue weighted by molar-refractivity contribution is 0.612. The molecule has 1 aliphatic rings. The summed E-state index contributed by atoms with van der Waals surface area (Å²) in [5.41, 5.74) is 9.35. The van der Waals surface area contributed by atoms with Crippen molar-refractivity contribution < 1.29 is 0 Å². The Kier molecular flexibility index (Phi) is 5.13. The molecule has 2 N–H and O–H groups in total. The Labute approximate surface area is 116 Å². The van der Waals surface area contributed by atoms with Gasteiger partial charge in [-0.1, -0.05) is 44.5 Å². The summed E-state index contributed by atoms with van der Waals surface area (Å²) in [6.45, 7) is 4.61. The Morgan fingerprint density at radius 1 is 1.39 bits per heavy atom. The molecule has 100 valence electrons. The molecule has 2 heteroatoms. The third-order valence-corrected chi connectivity index (χ3v) is 5.76. The molecule has 0 radical (unpaired) electrons. The van der Waals surface area contributed by atoms with Crippen LogP contribution in [-0.2, 0) is 6.42 Å². The predicted octanol–water partition coefficient (Wildman–Crippen LogP) is 4.17. The van der Waals surface area contributed by atoms with E-state index in [-0.39, 0.29) is 6.04 Å². The third kappa shape index (κ3) is 3.30. The Morgan fingerprint density at radius 3 is 2.94 bits per heavy atom. The molecule has 0 amide bonds. The zero-order valence-electron chi connectivity index (χ0n) is 11.6. The van der Waals surface area contributed by atoms with E-state index in [4.69, 9.17) is 5.73 Å². The van der Waals surface area contributed by atoms with Crippen LogP contribution in [0.2, 0.25) is 0 Å². The molecule has 0 saturated heterocycles. The molecule has 0 fully saturated rings. The average Bonchev–Trinajstić information content (AvgIpc) is 2.56. The fraction of sp³-hybridized carbons (Fsp3) is 0.625. The van der Waals surface area contributed by atoms with Gasteiger partial charge in [-0.25, -0.2) is 0 Å². The monoisotopic (exact) mass is 263 g/mol. The summed E-state index contributed by atoms with van der Waals surface area (Å²) in [7, 11) is 0. The van der Waals surface area contributed by atoms with Gasteiger partial charge >= 0.3 is 0 Å². The number of rotatable bonds is 4. The Morgan fingerprint density at radius 2 is 2.17 bits per heavy atom. The van der Waals surface area contributed by atoms with Crippen molar-refractivity contribution in [3.63, 3.8) is 0 Å². The van der Waals surface area contributed by atoms with Crippen molar-refractivity contribution in [3.8, 4) is 0 Å². The maximum Gasteiger partial charge on any atom is 0.0418 e. The molecule has 2 rings (SSSR count). The predicted molar refractivity (Wildman–Crippen MR) is 82.0 cm³/mol. The standard InChI is InChI=1S/C16H25NS/c1-3-12(2)11-18-15-10-6-8-13-7-4-5-9-14(13)16(15)17/h4-5,7,9,12,15-16H,3,6,8,10-11,17H2,1-2H3. The number of benzene rings is 1. The van der Waals surface area contributed by atoms with Crippen LogP contribution < -0.4 is 5.73 Å². The van der Waals surface area contributed by atoms with Gasteiger partial charge in [-0.2, -0.15) is 11.8 Å². The zero-order valence-corrected chi connectivity index (χ0v) is 12.4. The molecule has 1 aromatic rings. The minimum absolute atomic E-state index is 0.220. The van der Waals surface area contributed by atoms with Crippen molar-refractivity contribution in [2.75, 3.05) is 5.75 Å². The van der Waals surface area contributed by atoms with Crippen molar-refractivity contribution in [2.45, 2.75) is 50.8 Å². The summed E-state index contributed by atoms with van der Waals surface area (Å²) >= 11 is 2.09. The summed E-state index contributed by atoms with van der Waals surface area (Å²) in [6, 6.07) is 8.95. The van der Waals surface area contributed by atoms with E-state index in [1.165, 1.54) is 42.6 Å². The fourth-order valence-electron chi connectivity index (χ4n) is 2.55. The first-order valence-corrected chi connectivity index (χ1v) is 8.22. The summed E-state index contributed by atoms with van der Waals surface area (Å²) in [5, 5.41) is 0.600. The van der Waals surface area contributed by atoms with Gasteiger partial charge < -0.3 is 5.73 Å².